The number of hydrogen-bond acceptors (Lipinski definition) is 3. The molecule has 1 atom stereocenters. The third kappa shape index (κ3) is 4.68. The van der Waals surface area contributed by atoms with E-state index >= 15 is 0 Å². The largest absolute Gasteiger partial charge is 0.314 e. The van der Waals surface area contributed by atoms with Crippen LogP contribution in [-0.2, 0) is 0 Å². The van der Waals surface area contributed by atoms with Gasteiger partial charge in [-0.1, -0.05) is 17.7 Å². The predicted octanol–water partition coefficient (Wildman–Crippen LogP) is 2.79. The summed E-state index contributed by atoms with van der Waals surface area (Å²) >= 11 is 5.90. The van der Waals surface area contributed by atoms with Gasteiger partial charge in [-0.3, -0.25) is 4.90 Å². The van der Waals surface area contributed by atoms with E-state index in [2.05, 4.69) is 10.3 Å². The number of rotatable bonds is 3. The van der Waals surface area contributed by atoms with Crippen LogP contribution in [-0.4, -0.2) is 42.5 Å². The Hall–Kier alpha value is -0.200. The molecule has 3 nitrogen and oxygen atoms in total. The molecule has 0 aliphatic carbocycles. The van der Waals surface area contributed by atoms with Crippen LogP contribution in [0.3, 0.4) is 0 Å². The van der Waals surface area contributed by atoms with Crippen LogP contribution < -0.4 is 5.32 Å². The van der Waals surface area contributed by atoms with Gasteiger partial charge in [-0.25, -0.2) is 13.8 Å². The van der Waals surface area contributed by atoms with Crippen molar-refractivity contribution in [2.75, 3.05) is 26.2 Å². The molecule has 1 fully saturated rings. The second-order valence-corrected chi connectivity index (χ2v) is 4.31. The summed E-state index contributed by atoms with van der Waals surface area (Å²) in [6, 6.07) is 2.30. The molecular weight excluding hydrogens is 318 g/mol. The summed E-state index contributed by atoms with van der Waals surface area (Å²) < 4.78 is 26.4. The van der Waals surface area contributed by atoms with E-state index in [0.717, 1.165) is 13.1 Å². The number of nitrogens with zero attached hydrogens (tertiary/aromatic N) is 2. The van der Waals surface area contributed by atoms with E-state index < -0.39 is 12.5 Å². The highest BCUT2D eigenvalue weighted by Gasteiger charge is 2.31. The number of halogens is 5. The quantitative estimate of drug-likeness (QED) is 0.862. The summed E-state index contributed by atoms with van der Waals surface area (Å²) in [6.45, 7) is 2.64. The lowest BCUT2D eigenvalue weighted by atomic mass is 10.1. The van der Waals surface area contributed by atoms with Crippen molar-refractivity contribution in [3.05, 3.63) is 29.0 Å². The van der Waals surface area contributed by atoms with Gasteiger partial charge in [0.25, 0.3) is 6.43 Å². The number of aromatic nitrogens is 1. The zero-order chi connectivity index (χ0) is 12.3. The van der Waals surface area contributed by atoms with Crippen molar-refractivity contribution < 1.29 is 8.78 Å². The normalized spacial score (nSPS) is 17.5. The molecule has 0 saturated carbocycles. The standard InChI is InChI=1S/C11H14ClF2N3.2ClH/c12-10-8(2-1-3-16-10)9(11(13)14)17-6-4-15-5-7-17;;/h1-3,9,11,15H,4-7H2;2*1H/t9-;;/m0../s1. The number of alkyl halides is 2. The minimum atomic E-state index is -2.46. The van der Waals surface area contributed by atoms with Crippen LogP contribution in [0.2, 0.25) is 5.15 Å². The van der Waals surface area contributed by atoms with E-state index in [1.54, 1.807) is 17.0 Å². The monoisotopic (exact) mass is 333 g/mol. The molecule has 1 aromatic rings. The van der Waals surface area contributed by atoms with E-state index in [9.17, 15) is 8.78 Å². The average Bonchev–Trinajstić information content (AvgIpc) is 2.33. The van der Waals surface area contributed by atoms with Crippen LogP contribution in [0.15, 0.2) is 18.3 Å². The first kappa shape index (κ1) is 18.8. The van der Waals surface area contributed by atoms with Crippen LogP contribution in [0.25, 0.3) is 0 Å². The van der Waals surface area contributed by atoms with Gasteiger partial charge >= 0.3 is 0 Å². The van der Waals surface area contributed by atoms with Crippen molar-refractivity contribution in [2.45, 2.75) is 12.5 Å². The fourth-order valence-electron chi connectivity index (χ4n) is 2.07. The Morgan fingerprint density at radius 1 is 1.26 bits per heavy atom. The Kier molecular flexibility index (Phi) is 8.78. The minimum absolute atomic E-state index is 0. The molecule has 0 aromatic carbocycles. The summed E-state index contributed by atoms with van der Waals surface area (Å²) in [5, 5.41) is 3.30. The maximum Gasteiger partial charge on any atom is 0.258 e. The first-order chi connectivity index (χ1) is 8.20. The summed E-state index contributed by atoms with van der Waals surface area (Å²) in [5.74, 6) is 0. The fourth-order valence-corrected chi connectivity index (χ4v) is 2.30. The van der Waals surface area contributed by atoms with Crippen molar-refractivity contribution in [1.29, 1.82) is 0 Å². The van der Waals surface area contributed by atoms with Gasteiger partial charge in [0.05, 0.1) is 6.04 Å². The molecule has 0 unspecified atom stereocenters. The number of piperazine rings is 1. The second kappa shape index (κ2) is 8.87. The van der Waals surface area contributed by atoms with Crippen molar-refractivity contribution in [1.82, 2.24) is 15.2 Å². The van der Waals surface area contributed by atoms with Crippen molar-refractivity contribution >= 4 is 36.4 Å². The smallest absolute Gasteiger partial charge is 0.258 e. The first-order valence-corrected chi connectivity index (χ1v) is 5.91. The van der Waals surface area contributed by atoms with Crippen LogP contribution in [0.5, 0.6) is 0 Å². The Morgan fingerprint density at radius 3 is 2.42 bits per heavy atom. The topological polar surface area (TPSA) is 28.2 Å². The van der Waals surface area contributed by atoms with Gasteiger partial charge in [-0.05, 0) is 6.07 Å². The Bertz CT molecular complexity index is 376. The van der Waals surface area contributed by atoms with Gasteiger partial charge in [0, 0.05) is 37.9 Å². The minimum Gasteiger partial charge on any atom is -0.314 e. The summed E-state index contributed by atoms with van der Waals surface area (Å²) in [6.07, 6.45) is -0.957. The highest BCUT2D eigenvalue weighted by molar-refractivity contribution is 6.30. The molecule has 0 spiro atoms. The summed E-state index contributed by atoms with van der Waals surface area (Å²) in [5.41, 5.74) is 0.408. The van der Waals surface area contributed by atoms with Crippen LogP contribution in [0.4, 0.5) is 8.78 Å². The molecule has 19 heavy (non-hydrogen) atoms. The molecule has 1 N–H and O–H groups in total. The second-order valence-electron chi connectivity index (χ2n) is 3.95. The van der Waals surface area contributed by atoms with Crippen LogP contribution in [0, 0.1) is 0 Å². The highest BCUT2D eigenvalue weighted by atomic mass is 35.5. The van der Waals surface area contributed by atoms with E-state index in [0.29, 0.717) is 18.7 Å². The lowest BCUT2D eigenvalue weighted by Gasteiger charge is -2.34. The molecule has 0 amide bonds. The third-order valence-corrected chi connectivity index (χ3v) is 3.21. The zero-order valence-corrected chi connectivity index (χ0v) is 12.4. The van der Waals surface area contributed by atoms with Gasteiger partial charge in [0.1, 0.15) is 5.15 Å². The summed E-state index contributed by atoms with van der Waals surface area (Å²) in [7, 11) is 0. The maximum atomic E-state index is 13.2. The Labute approximate surface area is 128 Å². The molecule has 1 aliphatic heterocycles. The number of hydrogen-bond donors (Lipinski definition) is 1. The van der Waals surface area contributed by atoms with Crippen LogP contribution in [0.1, 0.15) is 11.6 Å². The maximum absolute atomic E-state index is 13.2. The lowest BCUT2D eigenvalue weighted by molar-refractivity contribution is 0.0180. The Balaban J connectivity index is 0.00000162. The number of nitrogens with one attached hydrogen (secondary N) is 1. The number of pyridine rings is 1. The molecule has 2 heterocycles. The van der Waals surface area contributed by atoms with Gasteiger partial charge < -0.3 is 5.32 Å². The molecule has 1 aromatic heterocycles. The molecule has 2 rings (SSSR count). The van der Waals surface area contributed by atoms with Crippen molar-refractivity contribution in [3.8, 4) is 0 Å². The Morgan fingerprint density at radius 2 is 1.89 bits per heavy atom. The van der Waals surface area contributed by atoms with Gasteiger partial charge in [0.2, 0.25) is 0 Å². The average molecular weight is 335 g/mol. The third-order valence-electron chi connectivity index (χ3n) is 2.89. The SMILES string of the molecule is Cl.Cl.FC(F)[C@H](c1cccnc1Cl)N1CCNCC1. The molecule has 110 valence electrons. The van der Waals surface area contributed by atoms with E-state index in [-0.39, 0.29) is 30.0 Å². The molecule has 8 heteroatoms. The summed E-state index contributed by atoms with van der Waals surface area (Å²) in [4.78, 5) is 5.62. The van der Waals surface area contributed by atoms with E-state index in [4.69, 9.17) is 11.6 Å². The van der Waals surface area contributed by atoms with E-state index in [1.165, 1.54) is 6.20 Å². The van der Waals surface area contributed by atoms with Crippen LogP contribution >= 0.6 is 36.4 Å². The first-order valence-electron chi connectivity index (χ1n) is 5.53. The lowest BCUT2D eigenvalue weighted by Crippen LogP contribution is -2.47. The zero-order valence-electron chi connectivity index (χ0n) is 10.1. The molecule has 0 radical (unpaired) electrons. The molecule has 1 saturated heterocycles. The van der Waals surface area contributed by atoms with Crippen molar-refractivity contribution in [3.63, 3.8) is 0 Å². The highest BCUT2D eigenvalue weighted by Crippen LogP contribution is 2.31. The van der Waals surface area contributed by atoms with Crippen molar-refractivity contribution in [2.24, 2.45) is 0 Å². The van der Waals surface area contributed by atoms with Gasteiger partial charge in [0.15, 0.2) is 0 Å². The van der Waals surface area contributed by atoms with E-state index in [1.807, 2.05) is 0 Å². The molecule has 1 aliphatic rings. The molecule has 0 bridgehead atoms. The molecular formula is C11H16Cl3F2N3. The fraction of sp³-hybridized carbons (Fsp3) is 0.545. The van der Waals surface area contributed by atoms with Gasteiger partial charge in [-0.2, -0.15) is 0 Å². The predicted molar refractivity (Wildman–Crippen MR) is 76.9 cm³/mol. The van der Waals surface area contributed by atoms with Gasteiger partial charge in [-0.15, -0.1) is 24.8 Å².